The van der Waals surface area contributed by atoms with Crippen LogP contribution >= 0.6 is 15.9 Å². The molecule has 0 aromatic heterocycles. The molecule has 196 valence electrons. The molecular formula is C33H46BrNO. The molecule has 3 aromatic carbocycles. The average molecular weight is 553 g/mol. The minimum atomic E-state index is -0.0875. The summed E-state index contributed by atoms with van der Waals surface area (Å²) in [7, 11) is 0. The molecule has 0 saturated heterocycles. The maximum atomic E-state index is 13.7. The van der Waals surface area contributed by atoms with Gasteiger partial charge in [-0.2, -0.15) is 0 Å². The largest absolute Gasteiger partial charge is 0.294 e. The third-order valence-corrected chi connectivity index (χ3v) is 8.28. The van der Waals surface area contributed by atoms with E-state index in [1.807, 2.05) is 6.07 Å². The van der Waals surface area contributed by atoms with Crippen molar-refractivity contribution in [1.29, 1.82) is 0 Å². The Bertz CT molecular complexity index is 1080. The number of carbonyl (C=O) groups excluding carboxylic acids is 1. The van der Waals surface area contributed by atoms with Crippen molar-refractivity contribution in [3.63, 3.8) is 0 Å². The molecule has 36 heavy (non-hydrogen) atoms. The van der Waals surface area contributed by atoms with Crippen LogP contribution in [0.1, 0.15) is 108 Å². The Balaban J connectivity index is 1.72. The number of carbonyl (C=O) groups is 1. The first-order valence-corrected chi connectivity index (χ1v) is 15.2. The topological polar surface area (TPSA) is 20.3 Å². The zero-order valence-corrected chi connectivity index (χ0v) is 24.4. The van der Waals surface area contributed by atoms with Crippen LogP contribution in [0, 0.1) is 0 Å². The number of unbranched alkanes of at least 4 members (excludes halogenated alkanes) is 10. The molecule has 0 saturated carbocycles. The second kappa shape index (κ2) is 15.5. The molecule has 0 amide bonds. The van der Waals surface area contributed by atoms with Gasteiger partial charge in [-0.3, -0.25) is 9.69 Å². The number of fused-ring (bicyclic) bond motifs is 3. The quantitative estimate of drug-likeness (QED) is 0.0943. The first kappa shape index (κ1) is 28.9. The number of benzene rings is 3. The second-order valence-electron chi connectivity index (χ2n) is 10.5. The highest BCUT2D eigenvalue weighted by Crippen LogP contribution is 2.32. The second-order valence-corrected chi connectivity index (χ2v) is 11.3. The highest BCUT2D eigenvalue weighted by molar-refractivity contribution is 9.10. The fraction of sp³-hybridized carbons (Fsp3) is 0.545. The zero-order chi connectivity index (χ0) is 25.8. The zero-order valence-electron chi connectivity index (χ0n) is 22.8. The number of hydrogen-bond acceptors (Lipinski definition) is 2. The smallest absolute Gasteiger partial charge is 0.179 e. The molecule has 3 aromatic rings. The van der Waals surface area contributed by atoms with Crippen molar-refractivity contribution in [1.82, 2.24) is 4.90 Å². The number of ketones is 1. The van der Waals surface area contributed by atoms with Crippen LogP contribution in [0.2, 0.25) is 0 Å². The summed E-state index contributed by atoms with van der Waals surface area (Å²) >= 11 is 3.72. The Morgan fingerprint density at radius 3 is 1.89 bits per heavy atom. The Hall–Kier alpha value is -1.71. The Labute approximate surface area is 228 Å². The lowest BCUT2D eigenvalue weighted by Crippen LogP contribution is -2.40. The van der Waals surface area contributed by atoms with Gasteiger partial charge in [-0.1, -0.05) is 130 Å². The fourth-order valence-corrected chi connectivity index (χ4v) is 5.90. The molecule has 0 aliphatic carbocycles. The van der Waals surface area contributed by atoms with Gasteiger partial charge in [-0.05, 0) is 66.5 Å². The van der Waals surface area contributed by atoms with Crippen molar-refractivity contribution >= 4 is 43.3 Å². The van der Waals surface area contributed by atoms with E-state index in [0.29, 0.717) is 0 Å². The van der Waals surface area contributed by atoms with E-state index in [4.69, 9.17) is 0 Å². The van der Waals surface area contributed by atoms with Gasteiger partial charge in [0.05, 0.1) is 6.04 Å². The van der Waals surface area contributed by atoms with E-state index in [-0.39, 0.29) is 11.8 Å². The van der Waals surface area contributed by atoms with Crippen LogP contribution in [0.25, 0.3) is 21.5 Å². The van der Waals surface area contributed by atoms with E-state index in [0.717, 1.165) is 28.5 Å². The van der Waals surface area contributed by atoms with Crippen molar-refractivity contribution < 1.29 is 4.79 Å². The van der Waals surface area contributed by atoms with Gasteiger partial charge in [0.15, 0.2) is 5.78 Å². The van der Waals surface area contributed by atoms with E-state index < -0.39 is 0 Å². The number of rotatable bonds is 17. The van der Waals surface area contributed by atoms with Gasteiger partial charge in [0, 0.05) is 10.0 Å². The molecular weight excluding hydrogens is 506 g/mol. The standard InChI is InChI=1S/C33H46BrNO/c1-4-6-8-10-12-16-22-35(23-17-13-11-9-7-5-2)26(3)33(36)28-21-20-27-25-32(34)30-19-15-14-18-29(30)31(27)24-28/h14-15,18-21,24-26H,4-13,16-17,22-23H2,1-3H3. The molecule has 0 spiro atoms. The number of Topliss-reactive ketones (excluding diaryl/α,β-unsaturated/α-hetero) is 1. The SMILES string of the molecule is CCCCCCCCN(CCCCCCCC)C(C)C(=O)c1ccc2cc(Br)c3ccccc3c2c1. The average Bonchev–Trinajstić information content (AvgIpc) is 2.90. The third kappa shape index (κ3) is 8.15. The summed E-state index contributed by atoms with van der Waals surface area (Å²) in [6.07, 6.45) is 15.5. The van der Waals surface area contributed by atoms with Crippen LogP contribution in [0.3, 0.4) is 0 Å². The predicted molar refractivity (Wildman–Crippen MR) is 161 cm³/mol. The summed E-state index contributed by atoms with van der Waals surface area (Å²) in [5, 5.41) is 4.71. The van der Waals surface area contributed by atoms with E-state index >= 15 is 0 Å². The monoisotopic (exact) mass is 551 g/mol. The van der Waals surface area contributed by atoms with Crippen LogP contribution in [-0.2, 0) is 0 Å². The molecule has 0 radical (unpaired) electrons. The summed E-state index contributed by atoms with van der Waals surface area (Å²) in [4.78, 5) is 16.2. The molecule has 1 atom stereocenters. The molecule has 0 fully saturated rings. The van der Waals surface area contributed by atoms with E-state index in [1.165, 1.54) is 93.2 Å². The van der Waals surface area contributed by atoms with Gasteiger partial charge in [0.1, 0.15) is 0 Å². The summed E-state index contributed by atoms with van der Waals surface area (Å²) < 4.78 is 1.10. The van der Waals surface area contributed by atoms with Gasteiger partial charge < -0.3 is 0 Å². The first-order valence-electron chi connectivity index (χ1n) is 14.5. The summed E-state index contributed by atoms with van der Waals surface area (Å²) in [5.41, 5.74) is 0.832. The minimum absolute atomic E-state index is 0.0875. The minimum Gasteiger partial charge on any atom is -0.294 e. The lowest BCUT2D eigenvalue weighted by Gasteiger charge is -2.28. The van der Waals surface area contributed by atoms with Gasteiger partial charge in [-0.15, -0.1) is 0 Å². The van der Waals surface area contributed by atoms with Crippen LogP contribution in [0.4, 0.5) is 0 Å². The molecule has 0 bridgehead atoms. The molecule has 3 heteroatoms. The molecule has 0 heterocycles. The van der Waals surface area contributed by atoms with Gasteiger partial charge in [0.25, 0.3) is 0 Å². The number of nitrogens with zero attached hydrogens (tertiary/aromatic N) is 1. The summed E-state index contributed by atoms with van der Waals surface area (Å²) in [5.74, 6) is 0.251. The maximum absolute atomic E-state index is 13.7. The molecule has 0 aliphatic rings. The van der Waals surface area contributed by atoms with Gasteiger partial charge >= 0.3 is 0 Å². The van der Waals surface area contributed by atoms with Crippen molar-refractivity contribution in [2.24, 2.45) is 0 Å². The molecule has 3 rings (SSSR count). The van der Waals surface area contributed by atoms with E-state index in [1.54, 1.807) is 0 Å². The van der Waals surface area contributed by atoms with Crippen molar-refractivity contribution in [3.8, 4) is 0 Å². The molecule has 1 unspecified atom stereocenters. The molecule has 2 nitrogen and oxygen atoms in total. The maximum Gasteiger partial charge on any atom is 0.179 e. The van der Waals surface area contributed by atoms with Crippen LogP contribution < -0.4 is 0 Å². The number of hydrogen-bond donors (Lipinski definition) is 0. The van der Waals surface area contributed by atoms with Gasteiger partial charge in [0.2, 0.25) is 0 Å². The Kier molecular flexibility index (Phi) is 12.4. The molecule has 0 N–H and O–H groups in total. The first-order chi connectivity index (χ1) is 17.6. The normalized spacial score (nSPS) is 12.6. The van der Waals surface area contributed by atoms with Crippen molar-refractivity contribution in [2.45, 2.75) is 104 Å². The lowest BCUT2D eigenvalue weighted by molar-refractivity contribution is 0.0832. The Morgan fingerprint density at radius 2 is 1.28 bits per heavy atom. The highest BCUT2D eigenvalue weighted by atomic mass is 79.9. The third-order valence-electron chi connectivity index (χ3n) is 7.62. The van der Waals surface area contributed by atoms with Crippen LogP contribution in [-0.4, -0.2) is 29.8 Å². The predicted octanol–water partition coefficient (Wildman–Crippen LogP) is 10.3. The fourth-order valence-electron chi connectivity index (χ4n) is 5.31. The van der Waals surface area contributed by atoms with Crippen molar-refractivity contribution in [2.75, 3.05) is 13.1 Å². The highest BCUT2D eigenvalue weighted by Gasteiger charge is 2.22. The van der Waals surface area contributed by atoms with Crippen molar-refractivity contribution in [3.05, 3.63) is 58.6 Å². The van der Waals surface area contributed by atoms with Crippen LogP contribution in [0.15, 0.2) is 53.0 Å². The van der Waals surface area contributed by atoms with Gasteiger partial charge in [-0.25, -0.2) is 0 Å². The Morgan fingerprint density at radius 1 is 0.722 bits per heavy atom. The summed E-state index contributed by atoms with van der Waals surface area (Å²) in [6, 6.07) is 16.8. The van der Waals surface area contributed by atoms with E-state index in [9.17, 15) is 4.79 Å². The molecule has 0 aliphatic heterocycles. The number of halogens is 1. The van der Waals surface area contributed by atoms with Crippen LogP contribution in [0.5, 0.6) is 0 Å². The lowest BCUT2D eigenvalue weighted by atomic mass is 9.96. The van der Waals surface area contributed by atoms with E-state index in [2.05, 4.69) is 84.1 Å². The summed E-state index contributed by atoms with van der Waals surface area (Å²) in [6.45, 7) is 8.71.